The second-order valence-corrected chi connectivity index (χ2v) is 11.4. The number of carboxylic acids is 1. The van der Waals surface area contributed by atoms with Crippen LogP contribution in [0.5, 0.6) is 0 Å². The van der Waals surface area contributed by atoms with Crippen LogP contribution in [0.4, 0.5) is 9.18 Å². The highest BCUT2D eigenvalue weighted by molar-refractivity contribution is 8.23. The van der Waals surface area contributed by atoms with Gasteiger partial charge in [-0.1, -0.05) is 12.1 Å². The van der Waals surface area contributed by atoms with Gasteiger partial charge in [0.05, 0.1) is 12.0 Å². The average Bonchev–Trinajstić information content (AvgIpc) is 2.81. The molecule has 0 radical (unpaired) electrons. The number of halogens is 1. The lowest BCUT2D eigenvalue weighted by Crippen LogP contribution is -2.43. The van der Waals surface area contributed by atoms with Crippen LogP contribution in [0.25, 0.3) is 6.08 Å². The van der Waals surface area contributed by atoms with E-state index < -0.39 is 56.6 Å². The van der Waals surface area contributed by atoms with Gasteiger partial charge in [-0.3, -0.25) is 19.2 Å². The number of carbonyl (C=O) groups is 3. The van der Waals surface area contributed by atoms with E-state index in [1.807, 2.05) is 0 Å². The van der Waals surface area contributed by atoms with Crippen LogP contribution >= 0.6 is 10.8 Å². The van der Waals surface area contributed by atoms with Gasteiger partial charge in [-0.05, 0) is 59.2 Å². The van der Waals surface area contributed by atoms with Crippen LogP contribution in [-0.4, -0.2) is 47.6 Å². The Morgan fingerprint density at radius 3 is 2.25 bits per heavy atom. The van der Waals surface area contributed by atoms with E-state index in [1.165, 1.54) is 12.1 Å². The summed E-state index contributed by atoms with van der Waals surface area (Å²) < 4.78 is 42.3. The SMILES string of the molecule is CC(C)(C)OC(=O)N/C(=C/c1ccc(C2CC(=O)N(C(C)(C)C)S2(O)O)c(F)c1)C(=O)O. The van der Waals surface area contributed by atoms with Crippen molar-refractivity contribution in [2.75, 3.05) is 0 Å². The van der Waals surface area contributed by atoms with E-state index in [2.05, 4.69) is 5.32 Å². The molecule has 9 nitrogen and oxygen atoms in total. The smallest absolute Gasteiger partial charge is 0.412 e. The maximum atomic E-state index is 14.9. The van der Waals surface area contributed by atoms with Gasteiger partial charge in [-0.25, -0.2) is 18.3 Å². The first-order chi connectivity index (χ1) is 14.4. The molecule has 32 heavy (non-hydrogen) atoms. The highest BCUT2D eigenvalue weighted by Crippen LogP contribution is 2.65. The molecular formula is C21H29FN2O7S. The summed E-state index contributed by atoms with van der Waals surface area (Å²) in [6, 6.07) is 3.62. The van der Waals surface area contributed by atoms with Crippen LogP contribution in [0.2, 0.25) is 0 Å². The summed E-state index contributed by atoms with van der Waals surface area (Å²) in [6.07, 6.45) is -0.214. The summed E-state index contributed by atoms with van der Waals surface area (Å²) in [6.45, 7) is 9.79. The Kier molecular flexibility index (Phi) is 6.98. The van der Waals surface area contributed by atoms with Crippen molar-refractivity contribution in [3.63, 3.8) is 0 Å². The molecule has 1 aromatic carbocycles. The summed E-state index contributed by atoms with van der Waals surface area (Å²) >= 11 is 0. The number of carbonyl (C=O) groups excluding carboxylic acids is 2. The molecule has 0 aromatic heterocycles. The number of aliphatic carboxylic acids is 1. The number of benzene rings is 1. The molecule has 2 amide bonds. The zero-order valence-corrected chi connectivity index (χ0v) is 19.6. The molecule has 4 N–H and O–H groups in total. The molecule has 0 spiro atoms. The zero-order chi connectivity index (χ0) is 24.6. The molecule has 1 aliphatic heterocycles. The monoisotopic (exact) mass is 472 g/mol. The van der Waals surface area contributed by atoms with Gasteiger partial charge in [0.2, 0.25) is 5.91 Å². The van der Waals surface area contributed by atoms with Crippen molar-refractivity contribution >= 4 is 34.8 Å². The predicted molar refractivity (Wildman–Crippen MR) is 118 cm³/mol. The van der Waals surface area contributed by atoms with Crippen LogP contribution in [0.1, 0.15) is 64.3 Å². The number of hydrogen-bond acceptors (Lipinski definition) is 6. The first-order valence-electron chi connectivity index (χ1n) is 9.78. The van der Waals surface area contributed by atoms with Crippen molar-refractivity contribution in [3.8, 4) is 0 Å². The second kappa shape index (κ2) is 8.72. The molecule has 1 saturated heterocycles. The highest BCUT2D eigenvalue weighted by atomic mass is 32.3. The van der Waals surface area contributed by atoms with E-state index in [4.69, 9.17) is 4.74 Å². The number of carboxylic acid groups (broad SMARTS) is 1. The number of rotatable bonds is 4. The first kappa shape index (κ1) is 25.6. The Bertz CT molecular complexity index is 964. The lowest BCUT2D eigenvalue weighted by atomic mass is 10.0. The van der Waals surface area contributed by atoms with Crippen molar-refractivity contribution in [1.82, 2.24) is 9.62 Å². The van der Waals surface area contributed by atoms with Gasteiger partial charge in [0.1, 0.15) is 22.4 Å². The normalized spacial score (nSPS) is 20.2. The van der Waals surface area contributed by atoms with Crippen molar-refractivity contribution in [3.05, 3.63) is 40.8 Å². The minimum Gasteiger partial charge on any atom is -0.477 e. The number of hydrogen-bond donors (Lipinski definition) is 4. The second-order valence-electron chi connectivity index (χ2n) is 9.38. The van der Waals surface area contributed by atoms with Crippen molar-refractivity contribution < 1.29 is 37.7 Å². The highest BCUT2D eigenvalue weighted by Gasteiger charge is 2.50. The molecule has 178 valence electrons. The van der Waals surface area contributed by atoms with Crippen LogP contribution in [0.15, 0.2) is 23.9 Å². The molecule has 1 unspecified atom stereocenters. The number of ether oxygens (including phenoxy) is 1. The standard InChI is InChI=1S/C21H29FN2O7S/c1-20(2,3)24-17(25)11-16(32(24,29)30)13-8-7-12(9-14(13)22)10-15(18(26)27)23-19(28)31-21(4,5)6/h7-10,16,29-30H,11H2,1-6H3,(H,23,28)(H,26,27)/b15-10+. The molecule has 1 aliphatic rings. The molecule has 1 atom stereocenters. The number of alkyl carbamates (subject to hydrolysis) is 1. The number of amides is 2. The number of nitrogens with zero attached hydrogens (tertiary/aromatic N) is 1. The lowest BCUT2D eigenvalue weighted by molar-refractivity contribution is -0.133. The first-order valence-corrected chi connectivity index (χ1v) is 11.3. The Balaban J connectivity index is 2.34. The van der Waals surface area contributed by atoms with E-state index in [-0.39, 0.29) is 17.5 Å². The quantitative estimate of drug-likeness (QED) is 0.473. The minimum absolute atomic E-state index is 0.0702. The molecule has 0 bridgehead atoms. The molecule has 1 heterocycles. The van der Waals surface area contributed by atoms with Gasteiger partial charge in [0.15, 0.2) is 0 Å². The van der Waals surface area contributed by atoms with Gasteiger partial charge in [-0.2, -0.15) is 0 Å². The Labute approximate surface area is 187 Å². The third-order valence-electron chi connectivity index (χ3n) is 4.39. The Morgan fingerprint density at radius 2 is 1.81 bits per heavy atom. The van der Waals surface area contributed by atoms with E-state index in [0.717, 1.165) is 16.4 Å². The molecule has 2 rings (SSSR count). The average molecular weight is 473 g/mol. The van der Waals surface area contributed by atoms with Crippen LogP contribution < -0.4 is 5.32 Å². The summed E-state index contributed by atoms with van der Waals surface area (Å²) in [4.78, 5) is 35.7. The number of nitrogens with one attached hydrogen (secondary N) is 1. The largest absolute Gasteiger partial charge is 0.477 e. The third kappa shape index (κ3) is 5.78. The van der Waals surface area contributed by atoms with Crippen molar-refractivity contribution in [2.45, 2.75) is 64.4 Å². The summed E-state index contributed by atoms with van der Waals surface area (Å²) in [5.74, 6) is -2.80. The lowest BCUT2D eigenvalue weighted by Gasteiger charge is -2.47. The fourth-order valence-corrected chi connectivity index (χ4v) is 5.65. The van der Waals surface area contributed by atoms with Gasteiger partial charge >= 0.3 is 12.1 Å². The van der Waals surface area contributed by atoms with Gasteiger partial charge in [0, 0.05) is 5.56 Å². The minimum atomic E-state index is -3.63. The van der Waals surface area contributed by atoms with E-state index in [1.54, 1.807) is 41.5 Å². The van der Waals surface area contributed by atoms with E-state index in [9.17, 15) is 33.0 Å². The maximum Gasteiger partial charge on any atom is 0.412 e. The fraction of sp³-hybridized carbons (Fsp3) is 0.476. The van der Waals surface area contributed by atoms with E-state index >= 15 is 0 Å². The molecule has 1 fully saturated rings. The van der Waals surface area contributed by atoms with Crippen LogP contribution in [0, 0.1) is 5.82 Å². The summed E-state index contributed by atoms with van der Waals surface area (Å²) in [7, 11) is -3.63. The van der Waals surface area contributed by atoms with Gasteiger partial charge in [-0.15, -0.1) is 10.8 Å². The Morgan fingerprint density at radius 1 is 1.22 bits per heavy atom. The zero-order valence-electron chi connectivity index (χ0n) is 18.8. The molecule has 0 aliphatic carbocycles. The fourth-order valence-electron chi connectivity index (χ4n) is 3.31. The summed E-state index contributed by atoms with van der Waals surface area (Å²) in [5, 5.41) is 10.3. The van der Waals surface area contributed by atoms with Gasteiger partial charge < -0.3 is 9.84 Å². The maximum absolute atomic E-state index is 14.9. The summed E-state index contributed by atoms with van der Waals surface area (Å²) in [5.41, 5.74) is -2.21. The molecule has 11 heteroatoms. The van der Waals surface area contributed by atoms with Gasteiger partial charge in [0.25, 0.3) is 0 Å². The topological polar surface area (TPSA) is 136 Å². The Hall–Kier alpha value is -2.63. The predicted octanol–water partition coefficient (Wildman–Crippen LogP) is 4.51. The van der Waals surface area contributed by atoms with Crippen LogP contribution in [-0.2, 0) is 14.3 Å². The van der Waals surface area contributed by atoms with Crippen molar-refractivity contribution in [2.24, 2.45) is 0 Å². The molecule has 1 aromatic rings. The van der Waals surface area contributed by atoms with E-state index in [0.29, 0.717) is 0 Å². The van der Waals surface area contributed by atoms with Crippen LogP contribution in [0.3, 0.4) is 0 Å². The molecule has 0 saturated carbocycles. The third-order valence-corrected chi connectivity index (χ3v) is 6.87. The molecular weight excluding hydrogens is 443 g/mol. The van der Waals surface area contributed by atoms with Crippen molar-refractivity contribution in [1.29, 1.82) is 0 Å².